The maximum atomic E-state index is 14.0. The Morgan fingerprint density at radius 1 is 1.15 bits per heavy atom. The first-order chi connectivity index (χ1) is 16.4. The molecule has 34 heavy (non-hydrogen) atoms. The lowest BCUT2D eigenvalue weighted by Gasteiger charge is -2.15. The number of ether oxygens (including phenoxy) is 2. The molecule has 0 spiro atoms. The fraction of sp³-hybridized carbons (Fsp3) is 0.179. The Labute approximate surface area is 197 Å². The maximum absolute atomic E-state index is 14.0. The van der Waals surface area contributed by atoms with Gasteiger partial charge in [-0.1, -0.05) is 24.3 Å². The number of methoxy groups -OCH3 is 1. The number of furan rings is 1. The van der Waals surface area contributed by atoms with E-state index in [2.05, 4.69) is 5.32 Å². The highest BCUT2D eigenvalue weighted by Gasteiger charge is 2.19. The summed E-state index contributed by atoms with van der Waals surface area (Å²) >= 11 is 0. The zero-order valence-electron chi connectivity index (χ0n) is 19.6. The highest BCUT2D eigenvalue weighted by atomic mass is 19.1. The van der Waals surface area contributed by atoms with Gasteiger partial charge in [0, 0.05) is 28.2 Å². The Morgan fingerprint density at radius 2 is 1.94 bits per heavy atom. The fourth-order valence-corrected chi connectivity index (χ4v) is 3.96. The molecule has 1 amide bonds. The first-order valence-electron chi connectivity index (χ1n) is 11.0. The van der Waals surface area contributed by atoms with Gasteiger partial charge in [0.15, 0.2) is 0 Å². The van der Waals surface area contributed by atoms with Crippen LogP contribution in [-0.2, 0) is 4.79 Å². The summed E-state index contributed by atoms with van der Waals surface area (Å²) in [5, 5.41) is 3.49. The number of halogens is 1. The average Bonchev–Trinajstić information content (AvgIpc) is 3.26. The minimum absolute atomic E-state index is 0.128. The quantitative estimate of drug-likeness (QED) is 0.302. The van der Waals surface area contributed by atoms with Gasteiger partial charge in [-0.05, 0) is 62.2 Å². The molecule has 5 nitrogen and oxygen atoms in total. The van der Waals surface area contributed by atoms with Crippen LogP contribution in [0.5, 0.6) is 11.5 Å². The maximum Gasteiger partial charge on any atom is 0.248 e. The molecular formula is C28H26FNO4. The van der Waals surface area contributed by atoms with E-state index in [4.69, 9.17) is 13.9 Å². The standard InChI is InChI=1S/C28H26FNO4/c1-5-33-27-18(3)28-22(23(16-34-28)19-9-8-10-20(14-19)32-4)15-21(27)17(2)13-26(31)30-25-12-7-6-11-24(25)29/h6-16H,5H2,1-4H3,(H,30,31)/b17-13+. The predicted octanol–water partition coefficient (Wildman–Crippen LogP) is 7.00. The van der Waals surface area contributed by atoms with Crippen molar-refractivity contribution in [1.29, 1.82) is 0 Å². The number of allylic oxidation sites excluding steroid dienone is 1. The number of para-hydroxylation sites is 1. The number of fused-ring (bicyclic) bond motifs is 1. The second kappa shape index (κ2) is 9.83. The molecule has 0 unspecified atom stereocenters. The van der Waals surface area contributed by atoms with Crippen LogP contribution in [0.2, 0.25) is 0 Å². The summed E-state index contributed by atoms with van der Waals surface area (Å²) in [6.45, 7) is 6.12. The van der Waals surface area contributed by atoms with E-state index in [1.807, 2.05) is 51.1 Å². The molecule has 1 aromatic heterocycles. The van der Waals surface area contributed by atoms with Crippen molar-refractivity contribution < 1.29 is 23.1 Å². The minimum atomic E-state index is -0.490. The topological polar surface area (TPSA) is 60.7 Å². The smallest absolute Gasteiger partial charge is 0.248 e. The summed E-state index contributed by atoms with van der Waals surface area (Å²) < 4.78 is 31.2. The van der Waals surface area contributed by atoms with Crippen molar-refractivity contribution in [2.75, 3.05) is 19.0 Å². The van der Waals surface area contributed by atoms with Crippen LogP contribution < -0.4 is 14.8 Å². The van der Waals surface area contributed by atoms with Crippen LogP contribution in [0.25, 0.3) is 27.7 Å². The third kappa shape index (κ3) is 4.53. The first-order valence-corrected chi connectivity index (χ1v) is 11.0. The zero-order valence-corrected chi connectivity index (χ0v) is 19.6. The van der Waals surface area contributed by atoms with Crippen molar-refractivity contribution in [2.45, 2.75) is 20.8 Å². The van der Waals surface area contributed by atoms with Crippen molar-refractivity contribution in [1.82, 2.24) is 0 Å². The predicted molar refractivity (Wildman–Crippen MR) is 133 cm³/mol. The van der Waals surface area contributed by atoms with Crippen LogP contribution >= 0.6 is 0 Å². The van der Waals surface area contributed by atoms with Crippen molar-refractivity contribution in [2.24, 2.45) is 0 Å². The number of hydrogen-bond acceptors (Lipinski definition) is 4. The van der Waals surface area contributed by atoms with Gasteiger partial charge in [-0.2, -0.15) is 0 Å². The van der Waals surface area contributed by atoms with Crippen LogP contribution in [0.4, 0.5) is 10.1 Å². The Bertz CT molecular complexity index is 1390. The lowest BCUT2D eigenvalue weighted by atomic mass is 9.96. The van der Waals surface area contributed by atoms with E-state index < -0.39 is 11.7 Å². The molecule has 0 aliphatic carbocycles. The van der Waals surface area contributed by atoms with E-state index >= 15 is 0 Å². The van der Waals surface area contributed by atoms with Crippen LogP contribution in [0.1, 0.15) is 25.0 Å². The van der Waals surface area contributed by atoms with E-state index in [1.54, 1.807) is 25.5 Å². The molecule has 174 valence electrons. The molecule has 0 bridgehead atoms. The Morgan fingerprint density at radius 3 is 2.68 bits per heavy atom. The number of nitrogens with one attached hydrogen (secondary N) is 1. The number of anilines is 1. The number of carbonyl (C=O) groups is 1. The van der Waals surface area contributed by atoms with Gasteiger partial charge >= 0.3 is 0 Å². The van der Waals surface area contributed by atoms with Crippen molar-refractivity contribution in [3.05, 3.63) is 83.9 Å². The Hall–Kier alpha value is -4.06. The van der Waals surface area contributed by atoms with Gasteiger partial charge in [0.2, 0.25) is 5.91 Å². The minimum Gasteiger partial charge on any atom is -0.497 e. The van der Waals surface area contributed by atoms with Crippen LogP contribution in [0.3, 0.4) is 0 Å². The molecule has 4 aromatic rings. The number of benzene rings is 3. The summed E-state index contributed by atoms with van der Waals surface area (Å²) in [6.07, 6.45) is 3.16. The van der Waals surface area contributed by atoms with Gasteiger partial charge < -0.3 is 19.2 Å². The highest BCUT2D eigenvalue weighted by Crippen LogP contribution is 2.41. The van der Waals surface area contributed by atoms with E-state index in [0.29, 0.717) is 23.5 Å². The fourth-order valence-electron chi connectivity index (χ4n) is 3.96. The Balaban J connectivity index is 1.80. The van der Waals surface area contributed by atoms with Gasteiger partial charge in [0.05, 0.1) is 25.7 Å². The SMILES string of the molecule is CCOc1c(/C(C)=C/C(=O)Nc2ccccc2F)cc2c(-c3cccc(OC)c3)coc2c1C. The van der Waals surface area contributed by atoms with E-state index in [0.717, 1.165) is 33.4 Å². The highest BCUT2D eigenvalue weighted by molar-refractivity contribution is 6.06. The van der Waals surface area contributed by atoms with Gasteiger partial charge in [-0.15, -0.1) is 0 Å². The largest absolute Gasteiger partial charge is 0.497 e. The molecule has 1 N–H and O–H groups in total. The molecule has 0 aliphatic heterocycles. The molecule has 1 heterocycles. The average molecular weight is 460 g/mol. The van der Waals surface area contributed by atoms with E-state index in [-0.39, 0.29) is 5.69 Å². The molecule has 3 aromatic carbocycles. The molecule has 4 rings (SSSR count). The van der Waals surface area contributed by atoms with Crippen LogP contribution in [0.15, 0.2) is 71.4 Å². The second-order valence-corrected chi connectivity index (χ2v) is 7.87. The summed E-state index contributed by atoms with van der Waals surface area (Å²) in [5.74, 6) is 0.475. The lowest BCUT2D eigenvalue weighted by Crippen LogP contribution is -2.10. The third-order valence-corrected chi connectivity index (χ3v) is 5.62. The summed E-state index contributed by atoms with van der Waals surface area (Å²) in [6, 6.07) is 15.8. The summed E-state index contributed by atoms with van der Waals surface area (Å²) in [5.41, 5.74) is 4.99. The Kier molecular flexibility index (Phi) is 6.68. The normalized spacial score (nSPS) is 11.5. The summed E-state index contributed by atoms with van der Waals surface area (Å²) in [4.78, 5) is 12.6. The van der Waals surface area contributed by atoms with Crippen molar-refractivity contribution in [3.8, 4) is 22.6 Å². The molecule has 0 radical (unpaired) electrons. The zero-order chi connectivity index (χ0) is 24.2. The molecule has 0 aliphatic rings. The summed E-state index contributed by atoms with van der Waals surface area (Å²) in [7, 11) is 1.63. The number of aryl methyl sites for hydroxylation is 1. The number of hydrogen-bond donors (Lipinski definition) is 1. The van der Waals surface area contributed by atoms with E-state index in [9.17, 15) is 9.18 Å². The molecule has 0 saturated heterocycles. The number of rotatable bonds is 7. The van der Waals surface area contributed by atoms with Crippen LogP contribution in [-0.4, -0.2) is 19.6 Å². The molecule has 6 heteroatoms. The first kappa shape index (κ1) is 23.1. The molecule has 0 atom stereocenters. The number of carbonyl (C=O) groups excluding carboxylic acids is 1. The van der Waals surface area contributed by atoms with Gasteiger partial charge in [0.25, 0.3) is 0 Å². The van der Waals surface area contributed by atoms with Gasteiger partial charge in [-0.3, -0.25) is 4.79 Å². The van der Waals surface area contributed by atoms with Crippen molar-refractivity contribution >= 4 is 28.1 Å². The van der Waals surface area contributed by atoms with Gasteiger partial charge in [-0.25, -0.2) is 4.39 Å². The lowest BCUT2D eigenvalue weighted by molar-refractivity contribution is -0.111. The van der Waals surface area contributed by atoms with E-state index in [1.165, 1.54) is 18.2 Å². The monoisotopic (exact) mass is 459 g/mol. The molecular weight excluding hydrogens is 433 g/mol. The second-order valence-electron chi connectivity index (χ2n) is 7.87. The van der Waals surface area contributed by atoms with Crippen LogP contribution in [0, 0.1) is 12.7 Å². The van der Waals surface area contributed by atoms with Crippen molar-refractivity contribution in [3.63, 3.8) is 0 Å². The third-order valence-electron chi connectivity index (χ3n) is 5.62. The van der Waals surface area contributed by atoms with Gasteiger partial charge in [0.1, 0.15) is 22.9 Å². The molecule has 0 saturated carbocycles. The number of amides is 1. The molecule has 0 fully saturated rings.